The summed E-state index contributed by atoms with van der Waals surface area (Å²) >= 11 is 0. The number of benzene rings is 4. The average molecular weight is 411 g/mol. The molecule has 150 valence electrons. The molecule has 0 atom stereocenters. The van der Waals surface area contributed by atoms with Gasteiger partial charge in [0.15, 0.2) is 11.2 Å². The third-order valence-electron chi connectivity index (χ3n) is 6.15. The molecule has 0 aliphatic rings. The molecule has 3 heteroatoms. The van der Waals surface area contributed by atoms with Crippen LogP contribution < -0.4 is 0 Å². The summed E-state index contributed by atoms with van der Waals surface area (Å²) in [7, 11) is 0. The van der Waals surface area contributed by atoms with Gasteiger partial charge >= 0.3 is 0 Å². The second kappa shape index (κ2) is 6.56. The number of hydrogen-bond acceptors (Lipinski definition) is 3. The summed E-state index contributed by atoms with van der Waals surface area (Å²) in [6.07, 6.45) is 1.86. The SMILES string of the molecule is c1ccc(-c2cc(-c3ccc4c(c3)oc3c4ccc4c5ccccc5oc43)ccn2)cc1. The molecule has 0 aliphatic carbocycles. The number of pyridine rings is 1. The predicted molar refractivity (Wildman–Crippen MR) is 130 cm³/mol. The van der Waals surface area contributed by atoms with E-state index in [0.29, 0.717) is 0 Å². The number of hydrogen-bond donors (Lipinski definition) is 0. The minimum Gasteiger partial charge on any atom is -0.452 e. The third-order valence-corrected chi connectivity index (χ3v) is 6.15. The average Bonchev–Trinajstić information content (AvgIpc) is 3.42. The highest BCUT2D eigenvalue weighted by Crippen LogP contribution is 2.39. The maximum atomic E-state index is 6.36. The van der Waals surface area contributed by atoms with Crippen molar-refractivity contribution in [1.29, 1.82) is 0 Å². The van der Waals surface area contributed by atoms with Gasteiger partial charge in [-0.3, -0.25) is 4.98 Å². The van der Waals surface area contributed by atoms with Gasteiger partial charge in [-0.2, -0.15) is 0 Å². The number of rotatable bonds is 2. The van der Waals surface area contributed by atoms with Crippen molar-refractivity contribution in [3.05, 3.63) is 103 Å². The summed E-state index contributed by atoms with van der Waals surface area (Å²) in [5, 5.41) is 4.34. The fourth-order valence-electron chi connectivity index (χ4n) is 4.57. The first-order chi connectivity index (χ1) is 15.8. The van der Waals surface area contributed by atoms with E-state index in [1.807, 2.05) is 48.7 Å². The minimum atomic E-state index is 0.797. The summed E-state index contributed by atoms with van der Waals surface area (Å²) in [5.74, 6) is 0. The maximum Gasteiger partial charge on any atom is 0.178 e. The third kappa shape index (κ3) is 2.51. The van der Waals surface area contributed by atoms with Gasteiger partial charge in [-0.05, 0) is 53.6 Å². The summed E-state index contributed by atoms with van der Waals surface area (Å²) in [4.78, 5) is 4.55. The van der Waals surface area contributed by atoms with Crippen molar-refractivity contribution in [2.75, 3.05) is 0 Å². The summed E-state index contributed by atoms with van der Waals surface area (Å²) in [5.41, 5.74) is 7.59. The summed E-state index contributed by atoms with van der Waals surface area (Å²) in [6, 6.07) is 33.1. The molecule has 0 spiro atoms. The van der Waals surface area contributed by atoms with Gasteiger partial charge in [-0.25, -0.2) is 0 Å². The Morgan fingerprint density at radius 3 is 1.97 bits per heavy atom. The van der Waals surface area contributed by atoms with Crippen molar-refractivity contribution in [3.8, 4) is 22.4 Å². The molecule has 0 fully saturated rings. The first kappa shape index (κ1) is 17.3. The van der Waals surface area contributed by atoms with E-state index in [1.165, 1.54) is 0 Å². The monoisotopic (exact) mass is 411 g/mol. The lowest BCUT2D eigenvalue weighted by Crippen LogP contribution is -1.85. The van der Waals surface area contributed by atoms with E-state index >= 15 is 0 Å². The van der Waals surface area contributed by atoms with Crippen LogP contribution in [-0.4, -0.2) is 4.98 Å². The molecule has 7 aromatic rings. The Morgan fingerprint density at radius 1 is 0.469 bits per heavy atom. The Hall–Kier alpha value is -4.37. The molecule has 3 nitrogen and oxygen atoms in total. The first-order valence-electron chi connectivity index (χ1n) is 10.6. The van der Waals surface area contributed by atoms with Gasteiger partial charge in [0.1, 0.15) is 11.2 Å². The van der Waals surface area contributed by atoms with Crippen LogP contribution in [0.2, 0.25) is 0 Å². The highest BCUT2D eigenvalue weighted by Gasteiger charge is 2.16. The standard InChI is InChI=1S/C29H17NO2/c1-2-6-18(7-3-1)25-16-20(14-15-30-25)19-10-11-22-24-13-12-23-21-8-4-5-9-26(21)31-28(23)29(24)32-27(22)17-19/h1-17H. The molecule has 0 N–H and O–H groups in total. The topological polar surface area (TPSA) is 39.2 Å². The van der Waals surface area contributed by atoms with E-state index in [0.717, 1.165) is 66.3 Å². The van der Waals surface area contributed by atoms with E-state index in [9.17, 15) is 0 Å². The largest absolute Gasteiger partial charge is 0.452 e. The van der Waals surface area contributed by atoms with Crippen molar-refractivity contribution in [1.82, 2.24) is 4.98 Å². The summed E-state index contributed by atoms with van der Waals surface area (Å²) < 4.78 is 12.5. The molecule has 0 aliphatic heterocycles. The number of furan rings is 2. The van der Waals surface area contributed by atoms with Crippen LogP contribution in [0.25, 0.3) is 66.3 Å². The molecule has 32 heavy (non-hydrogen) atoms. The fourth-order valence-corrected chi connectivity index (χ4v) is 4.57. The summed E-state index contributed by atoms with van der Waals surface area (Å²) in [6.45, 7) is 0. The number of aromatic nitrogens is 1. The minimum absolute atomic E-state index is 0.797. The smallest absolute Gasteiger partial charge is 0.178 e. The van der Waals surface area contributed by atoms with Crippen LogP contribution in [0, 0.1) is 0 Å². The van der Waals surface area contributed by atoms with Crippen LogP contribution >= 0.6 is 0 Å². The van der Waals surface area contributed by atoms with Gasteiger partial charge in [0.2, 0.25) is 0 Å². The Labute approximate surface area is 183 Å². The Morgan fingerprint density at radius 2 is 1.12 bits per heavy atom. The molecule has 7 rings (SSSR count). The molecule has 0 amide bonds. The maximum absolute atomic E-state index is 6.36. The Balaban J connectivity index is 1.42. The van der Waals surface area contributed by atoms with E-state index in [2.05, 4.69) is 59.6 Å². The molecule has 3 heterocycles. The molecule has 0 radical (unpaired) electrons. The molecule has 0 bridgehead atoms. The molecule has 0 unspecified atom stereocenters. The van der Waals surface area contributed by atoms with Gasteiger partial charge in [0.25, 0.3) is 0 Å². The highest BCUT2D eigenvalue weighted by molar-refractivity contribution is 6.19. The number of para-hydroxylation sites is 1. The fraction of sp³-hybridized carbons (Fsp3) is 0. The van der Waals surface area contributed by atoms with E-state index in [1.54, 1.807) is 0 Å². The van der Waals surface area contributed by atoms with Crippen LogP contribution in [0.3, 0.4) is 0 Å². The zero-order valence-electron chi connectivity index (χ0n) is 17.1. The zero-order chi connectivity index (χ0) is 21.1. The zero-order valence-corrected chi connectivity index (χ0v) is 17.1. The first-order valence-corrected chi connectivity index (χ1v) is 10.6. The number of nitrogens with zero attached hydrogens (tertiary/aromatic N) is 1. The lowest BCUT2D eigenvalue weighted by molar-refractivity contribution is 0.633. The lowest BCUT2D eigenvalue weighted by Gasteiger charge is -2.05. The Kier molecular flexibility index (Phi) is 3.55. The Bertz CT molecular complexity index is 1770. The molecule has 0 saturated heterocycles. The predicted octanol–water partition coefficient (Wildman–Crippen LogP) is 8.21. The molecular formula is C29H17NO2. The van der Waals surface area contributed by atoms with Gasteiger partial charge in [0.05, 0.1) is 5.69 Å². The second-order valence-electron chi connectivity index (χ2n) is 8.03. The van der Waals surface area contributed by atoms with E-state index in [4.69, 9.17) is 8.83 Å². The molecule has 3 aromatic heterocycles. The van der Waals surface area contributed by atoms with Crippen molar-refractivity contribution >= 4 is 43.9 Å². The molecule has 4 aromatic carbocycles. The lowest BCUT2D eigenvalue weighted by atomic mass is 10.0. The van der Waals surface area contributed by atoms with Crippen molar-refractivity contribution in [2.45, 2.75) is 0 Å². The quantitative estimate of drug-likeness (QED) is 0.288. The van der Waals surface area contributed by atoms with Crippen LogP contribution in [0.15, 0.2) is 112 Å². The van der Waals surface area contributed by atoms with Crippen LogP contribution in [0.5, 0.6) is 0 Å². The van der Waals surface area contributed by atoms with Crippen LogP contribution in [-0.2, 0) is 0 Å². The van der Waals surface area contributed by atoms with Gasteiger partial charge < -0.3 is 8.83 Å². The van der Waals surface area contributed by atoms with Gasteiger partial charge in [0, 0.05) is 33.3 Å². The van der Waals surface area contributed by atoms with E-state index in [-0.39, 0.29) is 0 Å². The van der Waals surface area contributed by atoms with Crippen molar-refractivity contribution < 1.29 is 8.83 Å². The van der Waals surface area contributed by atoms with Gasteiger partial charge in [-0.15, -0.1) is 0 Å². The second-order valence-corrected chi connectivity index (χ2v) is 8.03. The van der Waals surface area contributed by atoms with Gasteiger partial charge in [-0.1, -0.05) is 54.6 Å². The van der Waals surface area contributed by atoms with Crippen LogP contribution in [0.4, 0.5) is 0 Å². The van der Waals surface area contributed by atoms with Crippen molar-refractivity contribution in [3.63, 3.8) is 0 Å². The van der Waals surface area contributed by atoms with Crippen LogP contribution in [0.1, 0.15) is 0 Å². The van der Waals surface area contributed by atoms with Crippen molar-refractivity contribution in [2.24, 2.45) is 0 Å². The number of fused-ring (bicyclic) bond motifs is 7. The highest BCUT2D eigenvalue weighted by atomic mass is 16.4. The normalized spacial score (nSPS) is 11.8. The molecular weight excluding hydrogens is 394 g/mol. The van der Waals surface area contributed by atoms with E-state index < -0.39 is 0 Å². The molecule has 0 saturated carbocycles.